The highest BCUT2D eigenvalue weighted by molar-refractivity contribution is 6.17. The molecular formula is C14H21ClN2O2. The van der Waals surface area contributed by atoms with Gasteiger partial charge >= 0.3 is 0 Å². The molecule has 0 fully saturated rings. The molecule has 106 valence electrons. The highest BCUT2D eigenvalue weighted by Gasteiger charge is 2.20. The molecule has 0 spiro atoms. The lowest BCUT2D eigenvalue weighted by Gasteiger charge is -2.24. The highest BCUT2D eigenvalue weighted by atomic mass is 35.5. The monoisotopic (exact) mass is 284 g/mol. The van der Waals surface area contributed by atoms with Gasteiger partial charge in [-0.05, 0) is 30.4 Å². The Labute approximate surface area is 119 Å². The highest BCUT2D eigenvalue weighted by Crippen LogP contribution is 2.22. The first-order valence-electron chi connectivity index (χ1n) is 6.33. The largest absolute Gasteiger partial charge is 0.480 e. The van der Waals surface area contributed by atoms with Gasteiger partial charge in [0.25, 0.3) is 5.91 Å². The minimum atomic E-state index is -0.163. The molecule has 1 amide bonds. The number of pyridine rings is 1. The van der Waals surface area contributed by atoms with Crippen molar-refractivity contribution >= 4 is 17.5 Å². The Morgan fingerprint density at radius 2 is 2.26 bits per heavy atom. The third kappa shape index (κ3) is 5.07. The Morgan fingerprint density at radius 3 is 2.89 bits per heavy atom. The van der Waals surface area contributed by atoms with Crippen molar-refractivity contribution in [1.82, 2.24) is 10.3 Å². The molecule has 5 heteroatoms. The van der Waals surface area contributed by atoms with E-state index in [2.05, 4.69) is 24.1 Å². The number of amides is 1. The normalized spacial score (nSPS) is 11.2. The number of aromatic nitrogens is 1. The summed E-state index contributed by atoms with van der Waals surface area (Å²) < 4.78 is 5.07. The molecule has 0 bridgehead atoms. The van der Waals surface area contributed by atoms with Gasteiger partial charge in [-0.1, -0.05) is 13.8 Å². The van der Waals surface area contributed by atoms with Crippen LogP contribution >= 0.6 is 11.6 Å². The zero-order valence-electron chi connectivity index (χ0n) is 11.7. The van der Waals surface area contributed by atoms with Crippen molar-refractivity contribution in [3.8, 4) is 5.88 Å². The first-order valence-corrected chi connectivity index (χ1v) is 6.87. The molecule has 1 N–H and O–H groups in total. The van der Waals surface area contributed by atoms with Crippen LogP contribution in [0.5, 0.6) is 5.88 Å². The van der Waals surface area contributed by atoms with Crippen molar-refractivity contribution in [3.63, 3.8) is 0 Å². The molecule has 0 aromatic carbocycles. The van der Waals surface area contributed by atoms with E-state index < -0.39 is 0 Å². The van der Waals surface area contributed by atoms with Crippen LogP contribution in [-0.2, 0) is 0 Å². The molecule has 1 rings (SSSR count). The Bertz CT molecular complexity index is 422. The second-order valence-electron chi connectivity index (χ2n) is 5.20. The lowest BCUT2D eigenvalue weighted by Crippen LogP contribution is -2.34. The van der Waals surface area contributed by atoms with Crippen LogP contribution in [0.25, 0.3) is 0 Å². The van der Waals surface area contributed by atoms with Gasteiger partial charge in [-0.15, -0.1) is 11.6 Å². The van der Waals surface area contributed by atoms with Crippen molar-refractivity contribution in [3.05, 3.63) is 23.9 Å². The lowest BCUT2D eigenvalue weighted by atomic mass is 9.88. The van der Waals surface area contributed by atoms with Crippen LogP contribution in [-0.4, -0.2) is 30.4 Å². The summed E-state index contributed by atoms with van der Waals surface area (Å²) in [5.41, 5.74) is 0.484. The summed E-state index contributed by atoms with van der Waals surface area (Å²) in [7, 11) is 1.50. The van der Waals surface area contributed by atoms with Gasteiger partial charge in [-0.25, -0.2) is 4.98 Å². The maximum absolute atomic E-state index is 12.1. The van der Waals surface area contributed by atoms with Gasteiger partial charge in [0, 0.05) is 18.6 Å². The Kier molecular flexibility index (Phi) is 6.09. The molecule has 1 aromatic rings. The molecule has 0 radical (unpaired) electrons. The van der Waals surface area contributed by atoms with Crippen LogP contribution < -0.4 is 10.1 Å². The molecular weight excluding hydrogens is 264 g/mol. The van der Waals surface area contributed by atoms with Crippen molar-refractivity contribution in [1.29, 1.82) is 0 Å². The number of carbonyl (C=O) groups is 1. The molecule has 19 heavy (non-hydrogen) atoms. The average Bonchev–Trinajstić information content (AvgIpc) is 2.42. The van der Waals surface area contributed by atoms with Gasteiger partial charge in [0.1, 0.15) is 5.56 Å². The molecule has 0 aliphatic heterocycles. The second kappa shape index (κ2) is 7.34. The van der Waals surface area contributed by atoms with Gasteiger partial charge in [0.05, 0.1) is 7.11 Å². The van der Waals surface area contributed by atoms with Crippen molar-refractivity contribution in [2.45, 2.75) is 26.7 Å². The van der Waals surface area contributed by atoms with E-state index in [1.807, 2.05) is 0 Å². The number of ether oxygens (including phenoxy) is 1. The topological polar surface area (TPSA) is 51.2 Å². The smallest absolute Gasteiger partial charge is 0.256 e. The summed E-state index contributed by atoms with van der Waals surface area (Å²) in [4.78, 5) is 16.1. The Morgan fingerprint density at radius 1 is 1.53 bits per heavy atom. The van der Waals surface area contributed by atoms with Gasteiger partial charge in [0.2, 0.25) is 5.88 Å². The number of rotatable bonds is 7. The summed E-state index contributed by atoms with van der Waals surface area (Å²) in [5, 5.41) is 2.92. The fourth-order valence-electron chi connectivity index (χ4n) is 1.77. The molecule has 1 aromatic heterocycles. The molecule has 0 aliphatic rings. The predicted octanol–water partition coefficient (Wildman–Crippen LogP) is 2.87. The van der Waals surface area contributed by atoms with Gasteiger partial charge in [-0.3, -0.25) is 4.79 Å². The lowest BCUT2D eigenvalue weighted by molar-refractivity contribution is 0.0930. The van der Waals surface area contributed by atoms with E-state index in [1.165, 1.54) is 7.11 Å². The summed E-state index contributed by atoms with van der Waals surface area (Å²) in [6.07, 6.45) is 3.52. The van der Waals surface area contributed by atoms with E-state index in [4.69, 9.17) is 16.3 Å². The molecule has 0 aliphatic carbocycles. The average molecular weight is 285 g/mol. The summed E-state index contributed by atoms with van der Waals surface area (Å²) in [6, 6.07) is 3.42. The molecule has 0 atom stereocenters. The number of carbonyl (C=O) groups excluding carboxylic acids is 1. The van der Waals surface area contributed by atoms with Crippen LogP contribution in [0.4, 0.5) is 0 Å². The minimum absolute atomic E-state index is 0.0278. The summed E-state index contributed by atoms with van der Waals surface area (Å²) in [5.74, 6) is 0.829. The van der Waals surface area contributed by atoms with Crippen molar-refractivity contribution < 1.29 is 9.53 Å². The fourth-order valence-corrected chi connectivity index (χ4v) is 1.91. The molecule has 0 saturated carbocycles. The number of hydrogen-bond donors (Lipinski definition) is 1. The Hall–Kier alpha value is -1.29. The van der Waals surface area contributed by atoms with Crippen molar-refractivity contribution in [2.75, 3.05) is 19.5 Å². The van der Waals surface area contributed by atoms with Gasteiger partial charge in [-0.2, -0.15) is 0 Å². The van der Waals surface area contributed by atoms with Crippen LogP contribution in [0.2, 0.25) is 0 Å². The Balaban J connectivity index is 2.60. The zero-order valence-corrected chi connectivity index (χ0v) is 12.5. The van der Waals surface area contributed by atoms with Crippen LogP contribution in [0.1, 0.15) is 37.0 Å². The zero-order chi connectivity index (χ0) is 14.3. The fraction of sp³-hybridized carbons (Fsp3) is 0.571. The van der Waals surface area contributed by atoms with E-state index in [0.717, 1.165) is 12.8 Å². The summed E-state index contributed by atoms with van der Waals surface area (Å²) >= 11 is 5.69. The number of hydrogen-bond acceptors (Lipinski definition) is 3. The van der Waals surface area contributed by atoms with E-state index in [0.29, 0.717) is 23.9 Å². The van der Waals surface area contributed by atoms with E-state index in [-0.39, 0.29) is 11.3 Å². The predicted molar refractivity (Wildman–Crippen MR) is 76.9 cm³/mol. The van der Waals surface area contributed by atoms with Crippen LogP contribution in [0, 0.1) is 5.41 Å². The molecule has 0 saturated heterocycles. The molecule has 1 heterocycles. The van der Waals surface area contributed by atoms with Crippen LogP contribution in [0.15, 0.2) is 18.3 Å². The number of nitrogens with zero attached hydrogens (tertiary/aromatic N) is 1. The molecule has 4 nitrogen and oxygen atoms in total. The number of nitrogens with one attached hydrogen (secondary N) is 1. The second-order valence-corrected chi connectivity index (χ2v) is 5.58. The van der Waals surface area contributed by atoms with Crippen molar-refractivity contribution in [2.24, 2.45) is 5.41 Å². The quantitative estimate of drug-likeness (QED) is 0.783. The molecule has 0 unspecified atom stereocenters. The number of halogens is 1. The standard InChI is InChI=1S/C14H21ClN2O2/c1-14(2,7-5-8-15)10-17-12(18)11-6-4-9-16-13(11)19-3/h4,6,9H,5,7-8,10H2,1-3H3,(H,17,18). The van der Waals surface area contributed by atoms with Gasteiger partial charge < -0.3 is 10.1 Å². The first kappa shape index (κ1) is 15.8. The maximum atomic E-state index is 12.1. The SMILES string of the molecule is COc1ncccc1C(=O)NCC(C)(C)CCCCl. The summed E-state index contributed by atoms with van der Waals surface area (Å²) in [6.45, 7) is 4.82. The van der Waals surface area contributed by atoms with Crippen LogP contribution in [0.3, 0.4) is 0 Å². The third-order valence-corrected chi connectivity index (χ3v) is 3.19. The maximum Gasteiger partial charge on any atom is 0.256 e. The number of methoxy groups -OCH3 is 1. The van der Waals surface area contributed by atoms with Gasteiger partial charge in [0.15, 0.2) is 0 Å². The third-order valence-electron chi connectivity index (χ3n) is 2.92. The minimum Gasteiger partial charge on any atom is -0.480 e. The van der Waals surface area contributed by atoms with E-state index in [9.17, 15) is 4.79 Å². The van der Waals surface area contributed by atoms with E-state index >= 15 is 0 Å². The van der Waals surface area contributed by atoms with E-state index in [1.54, 1.807) is 18.3 Å². The first-order chi connectivity index (χ1) is 9.00. The number of alkyl halides is 1.